The Bertz CT molecular complexity index is 1180. The predicted molar refractivity (Wildman–Crippen MR) is 115 cm³/mol. The third-order valence-corrected chi connectivity index (χ3v) is 6.17. The van der Waals surface area contributed by atoms with E-state index in [0.717, 1.165) is 10.4 Å². The normalized spacial score (nSPS) is 18.1. The van der Waals surface area contributed by atoms with Gasteiger partial charge in [-0.2, -0.15) is 0 Å². The Balaban J connectivity index is 2.00. The van der Waals surface area contributed by atoms with Crippen LogP contribution < -0.4 is 9.64 Å². The summed E-state index contributed by atoms with van der Waals surface area (Å²) in [6.07, 6.45) is 0. The molecule has 2 aromatic carbocycles. The molecule has 0 saturated carbocycles. The van der Waals surface area contributed by atoms with Crippen molar-refractivity contribution in [1.29, 1.82) is 0 Å². The van der Waals surface area contributed by atoms with Gasteiger partial charge in [0.25, 0.3) is 11.7 Å². The number of thiophene rings is 1. The first-order chi connectivity index (χ1) is 14.5. The third-order valence-electron chi connectivity index (χ3n) is 5.10. The van der Waals surface area contributed by atoms with Crippen molar-refractivity contribution in [3.63, 3.8) is 0 Å². The number of aliphatic hydroxyl groups is 1. The van der Waals surface area contributed by atoms with Gasteiger partial charge in [-0.25, -0.2) is 0 Å². The zero-order valence-corrected chi connectivity index (χ0v) is 17.1. The minimum atomic E-state index is -0.872. The lowest BCUT2D eigenvalue weighted by molar-refractivity contribution is -0.132. The van der Waals surface area contributed by atoms with Crippen molar-refractivity contribution in [2.75, 3.05) is 12.0 Å². The summed E-state index contributed by atoms with van der Waals surface area (Å²) >= 11 is 1.38. The fraction of sp³-hybridized carbons (Fsp3) is 0.130. The number of amides is 1. The summed E-state index contributed by atoms with van der Waals surface area (Å²) in [4.78, 5) is 28.2. The Hall–Kier alpha value is -3.58. The highest BCUT2D eigenvalue weighted by molar-refractivity contribution is 7.10. The number of hydrogen-bond acceptors (Lipinski definition) is 6. The van der Waals surface area contributed by atoms with Gasteiger partial charge in [-0.05, 0) is 48.2 Å². The number of aliphatic hydroxyl groups excluding tert-OH is 1. The van der Waals surface area contributed by atoms with Crippen LogP contribution in [0.3, 0.4) is 0 Å². The number of methoxy groups -OCH3 is 1. The van der Waals surface area contributed by atoms with Gasteiger partial charge in [0, 0.05) is 4.88 Å². The number of ether oxygens (including phenoxy) is 1. The smallest absolute Gasteiger partial charge is 0.300 e. The number of para-hydroxylation sites is 3. The van der Waals surface area contributed by atoms with E-state index in [1.165, 1.54) is 29.4 Å². The number of rotatable bonds is 4. The number of Topliss-reactive ketones (excluding diaryl/α,β-unsaturated/α-hetero) is 1. The zero-order chi connectivity index (χ0) is 21.4. The van der Waals surface area contributed by atoms with E-state index in [9.17, 15) is 19.8 Å². The van der Waals surface area contributed by atoms with Crippen LogP contribution in [0.25, 0.3) is 5.76 Å². The standard InChI is InChI=1S/C23H19NO5S/c1-13-11-12-30-22(13)19-18(20(26)14-7-3-6-10-17(14)29-2)21(27)23(28)24(19)15-8-4-5-9-16(15)25/h3-12,19,25-26H,1-2H3/b20-18+. The summed E-state index contributed by atoms with van der Waals surface area (Å²) in [5.74, 6) is -1.70. The number of aryl methyl sites for hydroxylation is 1. The van der Waals surface area contributed by atoms with E-state index < -0.39 is 17.7 Å². The lowest BCUT2D eigenvalue weighted by atomic mass is 9.98. The van der Waals surface area contributed by atoms with Crippen molar-refractivity contribution in [3.8, 4) is 11.5 Å². The third kappa shape index (κ3) is 3.04. The largest absolute Gasteiger partial charge is 0.507 e. The number of phenolic OH excluding ortho intramolecular Hbond substituents is 1. The van der Waals surface area contributed by atoms with E-state index in [0.29, 0.717) is 11.3 Å². The molecule has 1 fully saturated rings. The molecular weight excluding hydrogens is 402 g/mol. The molecule has 7 heteroatoms. The SMILES string of the molecule is COc1ccccc1/C(O)=C1\C(=O)C(=O)N(c2ccccc2O)C1c1sccc1C. The maximum atomic E-state index is 13.1. The summed E-state index contributed by atoms with van der Waals surface area (Å²) in [6.45, 7) is 1.87. The number of benzene rings is 2. The predicted octanol–water partition coefficient (Wildman–Crippen LogP) is 4.40. The molecule has 0 aliphatic carbocycles. The molecule has 3 aromatic rings. The Kier molecular flexibility index (Phi) is 5.05. The van der Waals surface area contributed by atoms with Gasteiger partial charge in [0.2, 0.25) is 0 Å². The fourth-order valence-corrected chi connectivity index (χ4v) is 4.67. The van der Waals surface area contributed by atoms with Crippen LogP contribution in [-0.2, 0) is 9.59 Å². The van der Waals surface area contributed by atoms with E-state index in [1.54, 1.807) is 42.5 Å². The minimum absolute atomic E-state index is 0.0432. The number of carbonyl (C=O) groups is 2. The highest BCUT2D eigenvalue weighted by atomic mass is 32.1. The molecule has 30 heavy (non-hydrogen) atoms. The van der Waals surface area contributed by atoms with Gasteiger partial charge in [0.05, 0.1) is 23.9 Å². The number of nitrogens with zero attached hydrogens (tertiary/aromatic N) is 1. The molecule has 1 aromatic heterocycles. The molecule has 0 bridgehead atoms. The van der Waals surface area contributed by atoms with Crippen LogP contribution in [0.15, 0.2) is 65.6 Å². The number of aromatic hydroxyl groups is 1. The van der Waals surface area contributed by atoms with E-state index in [2.05, 4.69) is 0 Å². The number of carbonyl (C=O) groups excluding carboxylic acids is 2. The first kappa shape index (κ1) is 19.7. The summed E-state index contributed by atoms with van der Waals surface area (Å²) in [5.41, 5.74) is 1.35. The fourth-order valence-electron chi connectivity index (χ4n) is 3.65. The molecule has 1 unspecified atom stereocenters. The Morgan fingerprint density at radius 2 is 1.77 bits per heavy atom. The van der Waals surface area contributed by atoms with E-state index in [-0.39, 0.29) is 22.8 Å². The van der Waals surface area contributed by atoms with Crippen LogP contribution >= 0.6 is 11.3 Å². The Morgan fingerprint density at radius 3 is 2.43 bits per heavy atom. The summed E-state index contributed by atoms with van der Waals surface area (Å²) < 4.78 is 5.33. The van der Waals surface area contributed by atoms with Crippen molar-refractivity contribution in [2.45, 2.75) is 13.0 Å². The van der Waals surface area contributed by atoms with Crippen LogP contribution in [-0.4, -0.2) is 29.0 Å². The summed E-state index contributed by atoms with van der Waals surface area (Å²) in [5, 5.41) is 23.4. The molecule has 1 saturated heterocycles. The lowest BCUT2D eigenvalue weighted by Crippen LogP contribution is -2.29. The molecule has 0 spiro atoms. The van der Waals surface area contributed by atoms with E-state index in [1.807, 2.05) is 18.4 Å². The monoisotopic (exact) mass is 421 g/mol. The molecule has 6 nitrogen and oxygen atoms in total. The van der Waals surface area contributed by atoms with E-state index >= 15 is 0 Å². The number of phenols is 1. The highest BCUT2D eigenvalue weighted by Gasteiger charge is 2.48. The quantitative estimate of drug-likeness (QED) is 0.370. The zero-order valence-electron chi connectivity index (χ0n) is 16.3. The molecule has 1 atom stereocenters. The second-order valence-corrected chi connectivity index (χ2v) is 7.77. The van der Waals surface area contributed by atoms with Gasteiger partial charge in [-0.3, -0.25) is 14.5 Å². The highest BCUT2D eigenvalue weighted by Crippen LogP contribution is 2.47. The summed E-state index contributed by atoms with van der Waals surface area (Å²) in [6, 6.07) is 14.1. The van der Waals surface area contributed by atoms with Gasteiger partial charge in [-0.1, -0.05) is 24.3 Å². The van der Waals surface area contributed by atoms with Gasteiger partial charge in [-0.15, -0.1) is 11.3 Å². The van der Waals surface area contributed by atoms with Crippen LogP contribution in [0.2, 0.25) is 0 Å². The molecule has 2 heterocycles. The molecule has 2 N–H and O–H groups in total. The molecule has 1 aliphatic heterocycles. The van der Waals surface area contributed by atoms with Crippen LogP contribution in [0.5, 0.6) is 11.5 Å². The average Bonchev–Trinajstić information content (AvgIpc) is 3.28. The minimum Gasteiger partial charge on any atom is -0.507 e. The topological polar surface area (TPSA) is 87.1 Å². The van der Waals surface area contributed by atoms with Crippen molar-refractivity contribution in [2.24, 2.45) is 0 Å². The molecule has 1 aliphatic rings. The van der Waals surface area contributed by atoms with Gasteiger partial charge >= 0.3 is 0 Å². The molecular formula is C23H19NO5S. The van der Waals surface area contributed by atoms with Crippen molar-refractivity contribution >= 4 is 34.5 Å². The molecule has 152 valence electrons. The van der Waals surface area contributed by atoms with Crippen molar-refractivity contribution in [1.82, 2.24) is 0 Å². The first-order valence-corrected chi connectivity index (χ1v) is 10.1. The maximum absolute atomic E-state index is 13.1. The molecule has 1 amide bonds. The maximum Gasteiger partial charge on any atom is 0.300 e. The van der Waals surface area contributed by atoms with E-state index in [4.69, 9.17) is 4.74 Å². The number of anilines is 1. The average molecular weight is 421 g/mol. The molecule has 0 radical (unpaired) electrons. The van der Waals surface area contributed by atoms with Crippen LogP contribution in [0.4, 0.5) is 5.69 Å². The second-order valence-electron chi connectivity index (χ2n) is 6.83. The van der Waals surface area contributed by atoms with Crippen molar-refractivity contribution in [3.05, 3.63) is 81.6 Å². The van der Waals surface area contributed by atoms with Gasteiger partial charge < -0.3 is 14.9 Å². The van der Waals surface area contributed by atoms with Crippen molar-refractivity contribution < 1.29 is 24.5 Å². The van der Waals surface area contributed by atoms with Gasteiger partial charge in [0.1, 0.15) is 23.3 Å². The summed E-state index contributed by atoms with van der Waals surface area (Å²) in [7, 11) is 1.47. The number of hydrogen-bond donors (Lipinski definition) is 2. The molecule has 4 rings (SSSR count). The Labute approximate surface area is 177 Å². The lowest BCUT2D eigenvalue weighted by Gasteiger charge is -2.25. The number of ketones is 1. The second kappa shape index (κ2) is 7.68. The van der Waals surface area contributed by atoms with Gasteiger partial charge in [0.15, 0.2) is 0 Å². The Morgan fingerprint density at radius 1 is 1.07 bits per heavy atom. The van der Waals surface area contributed by atoms with Crippen LogP contribution in [0, 0.1) is 6.92 Å². The first-order valence-electron chi connectivity index (χ1n) is 9.22. The van der Waals surface area contributed by atoms with Crippen LogP contribution in [0.1, 0.15) is 22.0 Å².